The number of nitriles is 1. The van der Waals surface area contributed by atoms with Crippen molar-refractivity contribution >= 4 is 27.8 Å². The van der Waals surface area contributed by atoms with Crippen LogP contribution in [-0.4, -0.2) is 10.7 Å². The van der Waals surface area contributed by atoms with E-state index in [0.717, 1.165) is 11.3 Å². The number of carbonyl (C=O) groups is 1. The highest BCUT2D eigenvalue weighted by Gasteiger charge is 2.41. The number of benzene rings is 1. The lowest BCUT2D eigenvalue weighted by atomic mass is 9.78. The van der Waals surface area contributed by atoms with Gasteiger partial charge in [-0.3, -0.25) is 19.8 Å². The number of allylic oxidation sites excluding steroid dienone is 3. The first-order valence-electron chi connectivity index (χ1n) is 8.88. The van der Waals surface area contributed by atoms with Gasteiger partial charge in [0.15, 0.2) is 5.78 Å². The van der Waals surface area contributed by atoms with Gasteiger partial charge in [-0.25, -0.2) is 4.39 Å². The standard InChI is InChI=1S/C20H15FN4O3S/c21-12-4-1-2-5-13(12)24-14-6-3-7-15(26)19(14)18(11(10-22)20(24)23)16-8-9-17(29-16)25(27)28/h1-2,4-5,8-9,18H,3,6-7,23H2/t18-/m1/s1. The molecule has 2 aromatic rings. The van der Waals surface area contributed by atoms with E-state index < -0.39 is 16.7 Å². The van der Waals surface area contributed by atoms with Crippen molar-refractivity contribution in [3.05, 3.63) is 79.9 Å². The second-order valence-electron chi connectivity index (χ2n) is 6.70. The number of para-hydroxylation sites is 1. The molecule has 0 spiro atoms. The van der Waals surface area contributed by atoms with Crippen LogP contribution in [0, 0.1) is 27.3 Å². The Kier molecular flexibility index (Phi) is 4.64. The van der Waals surface area contributed by atoms with E-state index in [9.17, 15) is 24.6 Å². The second-order valence-corrected chi connectivity index (χ2v) is 7.79. The molecule has 0 bridgehead atoms. The number of thiophene rings is 1. The van der Waals surface area contributed by atoms with Gasteiger partial charge in [-0.2, -0.15) is 5.26 Å². The quantitative estimate of drug-likeness (QED) is 0.602. The minimum absolute atomic E-state index is 0.0344. The summed E-state index contributed by atoms with van der Waals surface area (Å²) in [4.78, 5) is 25.4. The van der Waals surface area contributed by atoms with Crippen LogP contribution in [-0.2, 0) is 4.79 Å². The van der Waals surface area contributed by atoms with Gasteiger partial charge in [0.25, 0.3) is 0 Å². The van der Waals surface area contributed by atoms with Crippen LogP contribution < -0.4 is 10.6 Å². The van der Waals surface area contributed by atoms with E-state index in [1.54, 1.807) is 18.2 Å². The van der Waals surface area contributed by atoms with Crippen molar-refractivity contribution in [3.63, 3.8) is 0 Å². The van der Waals surface area contributed by atoms with Crippen LogP contribution in [0.5, 0.6) is 0 Å². The molecular formula is C20H15FN4O3S. The van der Waals surface area contributed by atoms with E-state index in [-0.39, 0.29) is 27.9 Å². The Labute approximate surface area is 169 Å². The predicted molar refractivity (Wildman–Crippen MR) is 105 cm³/mol. The molecule has 2 N–H and O–H groups in total. The van der Waals surface area contributed by atoms with Gasteiger partial charge >= 0.3 is 5.00 Å². The summed E-state index contributed by atoms with van der Waals surface area (Å²) in [5.41, 5.74) is 7.48. The molecule has 2 heterocycles. The summed E-state index contributed by atoms with van der Waals surface area (Å²) in [5.74, 6) is -1.44. The Hall–Kier alpha value is -3.51. The summed E-state index contributed by atoms with van der Waals surface area (Å²) in [5, 5.41) is 20.9. The van der Waals surface area contributed by atoms with Crippen LogP contribution in [0.3, 0.4) is 0 Å². The Morgan fingerprint density at radius 3 is 2.69 bits per heavy atom. The van der Waals surface area contributed by atoms with E-state index in [0.29, 0.717) is 35.4 Å². The van der Waals surface area contributed by atoms with Crippen LogP contribution in [0.1, 0.15) is 30.1 Å². The van der Waals surface area contributed by atoms with E-state index in [1.165, 1.54) is 23.1 Å². The van der Waals surface area contributed by atoms with Gasteiger partial charge in [-0.05, 0) is 31.0 Å². The number of nitrogens with two attached hydrogens (primary N) is 1. The number of hydrogen-bond donors (Lipinski definition) is 1. The van der Waals surface area contributed by atoms with Crippen LogP contribution >= 0.6 is 11.3 Å². The van der Waals surface area contributed by atoms with E-state index in [2.05, 4.69) is 6.07 Å². The van der Waals surface area contributed by atoms with E-state index in [1.807, 2.05) is 0 Å². The number of nitro groups is 1. The molecule has 0 amide bonds. The lowest BCUT2D eigenvalue weighted by Gasteiger charge is -2.39. The molecule has 1 aromatic heterocycles. The molecular weight excluding hydrogens is 395 g/mol. The molecule has 0 fully saturated rings. The molecule has 1 atom stereocenters. The fourth-order valence-corrected chi connectivity index (χ4v) is 4.82. The third-order valence-corrected chi connectivity index (χ3v) is 6.19. The number of anilines is 1. The minimum Gasteiger partial charge on any atom is -0.384 e. The minimum atomic E-state index is -0.787. The van der Waals surface area contributed by atoms with Gasteiger partial charge in [0.05, 0.1) is 28.2 Å². The third-order valence-electron chi connectivity index (χ3n) is 5.08. The van der Waals surface area contributed by atoms with Gasteiger partial charge in [0, 0.05) is 28.6 Å². The zero-order valence-electron chi connectivity index (χ0n) is 15.1. The SMILES string of the molecule is N#CC1=C(N)N(c2ccccc2F)C2=C(C(=O)CCC2)[C@H]1c1ccc([N+](=O)[O-])s1. The Balaban J connectivity index is 1.97. The summed E-state index contributed by atoms with van der Waals surface area (Å²) < 4.78 is 14.6. The number of ketones is 1. The van der Waals surface area contributed by atoms with Gasteiger partial charge in [0.1, 0.15) is 11.6 Å². The highest BCUT2D eigenvalue weighted by atomic mass is 32.1. The highest BCUT2D eigenvalue weighted by molar-refractivity contribution is 7.15. The molecule has 0 unspecified atom stereocenters. The maximum atomic E-state index is 14.6. The number of halogens is 1. The third kappa shape index (κ3) is 2.98. The number of rotatable bonds is 3. The molecule has 1 aliphatic heterocycles. The number of carbonyl (C=O) groups excluding carboxylic acids is 1. The molecule has 29 heavy (non-hydrogen) atoms. The van der Waals surface area contributed by atoms with Gasteiger partial charge in [-0.1, -0.05) is 23.5 Å². The Bertz CT molecular complexity index is 1140. The van der Waals surface area contributed by atoms with Crippen LogP contribution in [0.4, 0.5) is 15.1 Å². The van der Waals surface area contributed by atoms with Crippen molar-refractivity contribution in [2.75, 3.05) is 4.90 Å². The number of nitrogens with zero attached hydrogens (tertiary/aromatic N) is 3. The fourth-order valence-electron chi connectivity index (χ4n) is 3.87. The summed E-state index contributed by atoms with van der Waals surface area (Å²) in [6.07, 6.45) is 1.36. The average molecular weight is 410 g/mol. The fraction of sp³-hybridized carbons (Fsp3) is 0.200. The van der Waals surface area contributed by atoms with Crippen LogP contribution in [0.15, 0.2) is 59.1 Å². The maximum Gasteiger partial charge on any atom is 0.324 e. The molecule has 0 radical (unpaired) electrons. The monoisotopic (exact) mass is 410 g/mol. The first-order chi connectivity index (χ1) is 13.9. The zero-order valence-corrected chi connectivity index (χ0v) is 15.9. The van der Waals surface area contributed by atoms with Crippen molar-refractivity contribution in [1.29, 1.82) is 5.26 Å². The smallest absolute Gasteiger partial charge is 0.324 e. The Morgan fingerprint density at radius 1 is 1.28 bits per heavy atom. The first kappa shape index (κ1) is 18.8. The average Bonchev–Trinajstić information content (AvgIpc) is 3.18. The second kappa shape index (κ2) is 7.14. The lowest BCUT2D eigenvalue weighted by molar-refractivity contribution is -0.380. The topological polar surface area (TPSA) is 113 Å². The van der Waals surface area contributed by atoms with Gasteiger partial charge in [-0.15, -0.1) is 0 Å². The van der Waals surface area contributed by atoms with Crippen molar-refractivity contribution in [2.45, 2.75) is 25.2 Å². The molecule has 0 saturated heterocycles. The summed E-state index contributed by atoms with van der Waals surface area (Å²) in [6, 6.07) is 11.0. The molecule has 1 aliphatic carbocycles. The van der Waals surface area contributed by atoms with Crippen molar-refractivity contribution < 1.29 is 14.1 Å². The predicted octanol–water partition coefficient (Wildman–Crippen LogP) is 4.10. The van der Waals surface area contributed by atoms with E-state index in [4.69, 9.17) is 5.73 Å². The highest BCUT2D eigenvalue weighted by Crippen LogP contribution is 2.48. The molecule has 1 aromatic carbocycles. The van der Waals surface area contributed by atoms with Crippen LogP contribution in [0.2, 0.25) is 0 Å². The summed E-state index contributed by atoms with van der Waals surface area (Å²) >= 11 is 0.908. The van der Waals surface area contributed by atoms with Crippen molar-refractivity contribution in [1.82, 2.24) is 0 Å². The van der Waals surface area contributed by atoms with Crippen molar-refractivity contribution in [2.24, 2.45) is 5.73 Å². The maximum absolute atomic E-state index is 14.6. The lowest BCUT2D eigenvalue weighted by Crippen LogP contribution is -2.39. The molecule has 2 aliphatic rings. The van der Waals surface area contributed by atoms with Crippen LogP contribution in [0.25, 0.3) is 0 Å². The first-order valence-corrected chi connectivity index (χ1v) is 9.70. The zero-order chi connectivity index (χ0) is 20.7. The number of hydrogen-bond acceptors (Lipinski definition) is 7. The summed E-state index contributed by atoms with van der Waals surface area (Å²) in [7, 11) is 0. The van der Waals surface area contributed by atoms with Crippen molar-refractivity contribution in [3.8, 4) is 6.07 Å². The number of Topliss-reactive ketones (excluding diaryl/α,β-unsaturated/α-hetero) is 1. The molecule has 0 saturated carbocycles. The molecule has 7 nitrogen and oxygen atoms in total. The Morgan fingerprint density at radius 2 is 2.03 bits per heavy atom. The molecule has 146 valence electrons. The molecule has 4 rings (SSSR count). The van der Waals surface area contributed by atoms with E-state index >= 15 is 0 Å². The van der Waals surface area contributed by atoms with Gasteiger partial charge in [0.2, 0.25) is 0 Å². The largest absolute Gasteiger partial charge is 0.384 e. The van der Waals surface area contributed by atoms with Gasteiger partial charge < -0.3 is 5.73 Å². The normalized spacial score (nSPS) is 19.2. The summed E-state index contributed by atoms with van der Waals surface area (Å²) in [6.45, 7) is 0. The molecule has 9 heteroatoms.